The van der Waals surface area contributed by atoms with Crippen molar-refractivity contribution in [2.24, 2.45) is 0 Å². The molecule has 0 aliphatic heterocycles. The first kappa shape index (κ1) is 14.8. The molecule has 2 atom stereocenters. The van der Waals surface area contributed by atoms with Gasteiger partial charge in [0.25, 0.3) is 0 Å². The molecule has 1 nitrogen and oxygen atoms in total. The van der Waals surface area contributed by atoms with Crippen LogP contribution in [0.5, 0.6) is 0 Å². The molecule has 0 saturated heterocycles. The van der Waals surface area contributed by atoms with E-state index < -0.39 is 14.7 Å². The number of aliphatic hydroxyl groups excluding tert-OH is 1. The molecule has 2 heteroatoms. The first-order chi connectivity index (χ1) is 8.22. The monoisotopic (exact) mass is 296 g/mol. The van der Waals surface area contributed by atoms with Crippen molar-refractivity contribution >= 4 is 14.7 Å². The van der Waals surface area contributed by atoms with E-state index in [1.165, 1.54) is 22.4 Å². The fourth-order valence-corrected chi connectivity index (χ4v) is 5.56. The third kappa shape index (κ3) is 6.91. The molecule has 1 rings (SSSR count). The summed E-state index contributed by atoms with van der Waals surface area (Å²) in [6.07, 6.45) is 4.31. The molecular weight excluding hydrogens is 271 g/mol. The molecule has 17 heavy (non-hydrogen) atoms. The summed E-state index contributed by atoms with van der Waals surface area (Å²) in [5, 5.41) is 12.4. The molecule has 1 aromatic rings. The van der Waals surface area contributed by atoms with E-state index in [0.717, 1.165) is 19.3 Å². The zero-order valence-corrected chi connectivity index (χ0v) is 13.0. The van der Waals surface area contributed by atoms with Crippen LogP contribution >= 0.6 is 0 Å². The second kappa shape index (κ2) is 8.77. The van der Waals surface area contributed by atoms with E-state index in [1.54, 1.807) is 0 Å². The topological polar surface area (TPSA) is 20.2 Å². The molecule has 96 valence electrons. The van der Waals surface area contributed by atoms with Gasteiger partial charge in [-0.25, -0.2) is 0 Å². The first-order valence-corrected chi connectivity index (χ1v) is 11.2. The summed E-state index contributed by atoms with van der Waals surface area (Å²) in [7, 11) is 0. The second-order valence-corrected chi connectivity index (χ2v) is 10.0. The minimum atomic E-state index is -0.746. The molecule has 0 amide bonds. The molecule has 1 aromatic carbocycles. The van der Waals surface area contributed by atoms with Crippen LogP contribution in [-0.4, -0.2) is 25.9 Å². The number of benzene rings is 1. The Balaban J connectivity index is 2.19. The zero-order valence-electron chi connectivity index (χ0n) is 11.1. The van der Waals surface area contributed by atoms with Crippen molar-refractivity contribution in [3.05, 3.63) is 35.9 Å². The predicted octanol–water partition coefficient (Wildman–Crippen LogP) is 3.83. The van der Waals surface area contributed by atoms with Crippen LogP contribution in [0.25, 0.3) is 0 Å². The Labute approximate surface area is 111 Å². The van der Waals surface area contributed by atoms with Crippen molar-refractivity contribution in [1.82, 2.24) is 0 Å². The van der Waals surface area contributed by atoms with E-state index in [2.05, 4.69) is 43.0 Å². The number of rotatable bonds is 8. The molecule has 0 fully saturated rings. The Morgan fingerprint density at radius 3 is 2.53 bits per heavy atom. The van der Waals surface area contributed by atoms with Crippen molar-refractivity contribution in [2.75, 3.05) is 0 Å². The van der Waals surface area contributed by atoms with Gasteiger partial charge in [0, 0.05) is 0 Å². The van der Waals surface area contributed by atoms with E-state index in [9.17, 15) is 5.11 Å². The molecule has 0 aliphatic carbocycles. The van der Waals surface area contributed by atoms with Crippen LogP contribution in [0.4, 0.5) is 0 Å². The summed E-state index contributed by atoms with van der Waals surface area (Å²) in [4.78, 5) is 0. The van der Waals surface area contributed by atoms with E-state index in [0.29, 0.717) is 0 Å². The Morgan fingerprint density at radius 1 is 1.18 bits per heavy atom. The van der Waals surface area contributed by atoms with Crippen molar-refractivity contribution in [1.29, 1.82) is 0 Å². The van der Waals surface area contributed by atoms with Crippen LogP contribution in [-0.2, 0) is 5.21 Å². The fraction of sp³-hybridized carbons (Fsp3) is 0.600. The van der Waals surface area contributed by atoms with Crippen LogP contribution < -0.4 is 0 Å². The van der Waals surface area contributed by atoms with Crippen molar-refractivity contribution in [3.63, 3.8) is 0 Å². The standard InChI is InChI=1S/C15H25AsO/c1-3-4-10-15(17)11-12-16(2)13-14-8-6-5-7-9-14/h5-9,15,17H,3-4,10-13H2,1-2H3. The van der Waals surface area contributed by atoms with Crippen molar-refractivity contribution in [2.45, 2.75) is 54.8 Å². The number of unbranched alkanes of at least 4 members (excludes halogenated alkanes) is 1. The van der Waals surface area contributed by atoms with Crippen molar-refractivity contribution in [3.8, 4) is 0 Å². The van der Waals surface area contributed by atoms with E-state index in [-0.39, 0.29) is 6.10 Å². The van der Waals surface area contributed by atoms with E-state index in [1.807, 2.05) is 0 Å². The average Bonchev–Trinajstić information content (AvgIpc) is 2.35. The van der Waals surface area contributed by atoms with Crippen LogP contribution in [0.15, 0.2) is 30.3 Å². The third-order valence-corrected chi connectivity index (χ3v) is 7.07. The van der Waals surface area contributed by atoms with Crippen LogP contribution in [0, 0.1) is 0 Å². The second-order valence-electron chi connectivity index (χ2n) is 4.81. The Kier molecular flexibility index (Phi) is 7.64. The minimum absolute atomic E-state index is 0.0532. The van der Waals surface area contributed by atoms with Gasteiger partial charge in [-0.2, -0.15) is 0 Å². The Bertz CT molecular complexity index is 286. The first-order valence-electron chi connectivity index (χ1n) is 6.63. The van der Waals surface area contributed by atoms with Gasteiger partial charge in [-0.1, -0.05) is 0 Å². The maximum atomic E-state index is 9.82. The van der Waals surface area contributed by atoms with E-state index in [4.69, 9.17) is 0 Å². The van der Waals surface area contributed by atoms with E-state index >= 15 is 0 Å². The Hall–Kier alpha value is -0.262. The van der Waals surface area contributed by atoms with Gasteiger partial charge in [0.05, 0.1) is 0 Å². The van der Waals surface area contributed by atoms with Crippen LogP contribution in [0.1, 0.15) is 38.2 Å². The molecule has 2 unspecified atom stereocenters. The van der Waals surface area contributed by atoms with Crippen LogP contribution in [0.3, 0.4) is 0 Å². The molecule has 0 saturated carbocycles. The number of hydrogen-bond acceptors (Lipinski definition) is 1. The summed E-state index contributed by atoms with van der Waals surface area (Å²) < 4.78 is 0. The zero-order chi connectivity index (χ0) is 12.5. The molecule has 1 N–H and O–H groups in total. The molecule has 0 aromatic heterocycles. The summed E-state index contributed by atoms with van der Waals surface area (Å²) in [6.45, 7) is 2.18. The average molecular weight is 296 g/mol. The number of aliphatic hydroxyl groups is 1. The normalized spacial score (nSPS) is 14.5. The van der Waals surface area contributed by atoms with Gasteiger partial charge in [-0.05, 0) is 0 Å². The summed E-state index contributed by atoms with van der Waals surface area (Å²) in [5.74, 6) is 0. The van der Waals surface area contributed by atoms with Crippen LogP contribution in [0.2, 0.25) is 10.9 Å². The quantitative estimate of drug-likeness (QED) is 0.723. The van der Waals surface area contributed by atoms with Gasteiger partial charge >= 0.3 is 110 Å². The summed E-state index contributed by atoms with van der Waals surface area (Å²) in [5.41, 5.74) is 3.89. The predicted molar refractivity (Wildman–Crippen MR) is 76.7 cm³/mol. The maximum absolute atomic E-state index is 9.82. The molecule has 0 bridgehead atoms. The fourth-order valence-electron chi connectivity index (χ4n) is 1.93. The summed E-state index contributed by atoms with van der Waals surface area (Å²) in [6, 6.07) is 10.8. The third-order valence-electron chi connectivity index (χ3n) is 3.03. The Morgan fingerprint density at radius 2 is 1.88 bits per heavy atom. The summed E-state index contributed by atoms with van der Waals surface area (Å²) >= 11 is -0.746. The molecule has 0 heterocycles. The van der Waals surface area contributed by atoms with Gasteiger partial charge in [0.2, 0.25) is 0 Å². The van der Waals surface area contributed by atoms with Crippen molar-refractivity contribution < 1.29 is 5.11 Å². The van der Waals surface area contributed by atoms with Gasteiger partial charge in [-0.3, -0.25) is 0 Å². The molecule has 0 aliphatic rings. The van der Waals surface area contributed by atoms with Gasteiger partial charge < -0.3 is 0 Å². The molecule has 0 radical (unpaired) electrons. The molecule has 0 spiro atoms. The SMILES string of the molecule is CCCCC(O)CC[As](C)Cc1ccccc1. The molecular formula is C15H25AsO. The number of hydrogen-bond donors (Lipinski definition) is 1. The van der Waals surface area contributed by atoms with Gasteiger partial charge in [0.1, 0.15) is 0 Å². The van der Waals surface area contributed by atoms with Gasteiger partial charge in [0.15, 0.2) is 0 Å². The van der Waals surface area contributed by atoms with Gasteiger partial charge in [-0.15, -0.1) is 0 Å².